The standard InChI is InChI=1S/C26H20ClNO8/c27-11-4-1-3-10(7-11)8-13-12-5-2-6-15(29)17(12)22(32)20-18(13)21(31)14-9-16(30)19(25(28)35)23(33)26(14,36)24(20)34/h1-8,14,18,21,29,31-33,36H,9H2,(H2,28,35)/b13-8+. The monoisotopic (exact) mass is 509 g/mol. The van der Waals surface area contributed by atoms with Crippen LogP contribution in [0.1, 0.15) is 23.1 Å². The molecule has 2 aromatic carbocycles. The number of rotatable bonds is 2. The van der Waals surface area contributed by atoms with E-state index >= 15 is 0 Å². The molecule has 4 unspecified atom stereocenters. The van der Waals surface area contributed by atoms with Crippen LogP contribution in [0.3, 0.4) is 0 Å². The number of carbonyl (C=O) groups excluding carboxylic acids is 3. The van der Waals surface area contributed by atoms with Crippen molar-refractivity contribution in [1.82, 2.24) is 0 Å². The van der Waals surface area contributed by atoms with Crippen LogP contribution in [0.4, 0.5) is 0 Å². The molecule has 0 radical (unpaired) electrons. The van der Waals surface area contributed by atoms with Crippen LogP contribution in [0.5, 0.6) is 5.75 Å². The number of Topliss-reactive ketones (excluding diaryl/α,β-unsaturated/α-hetero) is 2. The minimum absolute atomic E-state index is 0.120. The summed E-state index contributed by atoms with van der Waals surface area (Å²) in [5.41, 5.74) is 1.92. The molecule has 7 N–H and O–H groups in total. The fourth-order valence-electron chi connectivity index (χ4n) is 5.46. The van der Waals surface area contributed by atoms with Crippen LogP contribution in [0, 0.1) is 11.8 Å². The van der Waals surface area contributed by atoms with Crippen LogP contribution in [0.25, 0.3) is 17.4 Å². The number of aliphatic hydroxyl groups excluding tert-OH is 3. The average Bonchev–Trinajstić information content (AvgIpc) is 2.81. The van der Waals surface area contributed by atoms with Gasteiger partial charge < -0.3 is 31.3 Å². The number of carbonyl (C=O) groups is 3. The Balaban J connectivity index is 1.82. The molecule has 0 aromatic heterocycles. The highest BCUT2D eigenvalue weighted by Crippen LogP contribution is 2.55. The van der Waals surface area contributed by atoms with Gasteiger partial charge in [-0.2, -0.15) is 0 Å². The highest BCUT2D eigenvalue weighted by Gasteiger charge is 2.64. The molecule has 3 aliphatic rings. The van der Waals surface area contributed by atoms with E-state index in [-0.39, 0.29) is 11.3 Å². The second-order valence-corrected chi connectivity index (χ2v) is 9.44. The first-order chi connectivity index (χ1) is 17.0. The van der Waals surface area contributed by atoms with E-state index in [2.05, 4.69) is 0 Å². The van der Waals surface area contributed by atoms with Crippen LogP contribution in [0.2, 0.25) is 5.02 Å². The van der Waals surface area contributed by atoms with Gasteiger partial charge in [0.05, 0.1) is 17.2 Å². The number of halogens is 1. The average molecular weight is 510 g/mol. The SMILES string of the molecule is NC(=O)C1=C(O)C2(O)C(=O)C3=C(O)c4c(O)cccc4/C(=C\c4cccc(Cl)c4)C3C(O)C2CC1=O. The number of nitrogens with two attached hydrogens (primary N) is 1. The van der Waals surface area contributed by atoms with Gasteiger partial charge in [-0.15, -0.1) is 0 Å². The number of benzene rings is 2. The lowest BCUT2D eigenvalue weighted by Gasteiger charge is -2.49. The Morgan fingerprint density at radius 2 is 1.81 bits per heavy atom. The fraction of sp³-hybridized carbons (Fsp3) is 0.192. The summed E-state index contributed by atoms with van der Waals surface area (Å²) in [5.74, 6) is -8.68. The summed E-state index contributed by atoms with van der Waals surface area (Å²) in [7, 11) is 0. The zero-order valence-corrected chi connectivity index (χ0v) is 19.2. The normalized spacial score (nSPS) is 28.6. The third kappa shape index (κ3) is 3.13. The van der Waals surface area contributed by atoms with E-state index in [0.29, 0.717) is 21.7 Å². The summed E-state index contributed by atoms with van der Waals surface area (Å²) < 4.78 is 0. The predicted molar refractivity (Wildman–Crippen MR) is 128 cm³/mol. The Morgan fingerprint density at radius 1 is 1.11 bits per heavy atom. The van der Waals surface area contributed by atoms with E-state index in [0.717, 1.165) is 0 Å². The summed E-state index contributed by atoms with van der Waals surface area (Å²) >= 11 is 6.12. The van der Waals surface area contributed by atoms with Crippen molar-refractivity contribution in [2.75, 3.05) is 0 Å². The third-order valence-electron chi connectivity index (χ3n) is 7.07. The van der Waals surface area contributed by atoms with Crippen molar-refractivity contribution in [3.05, 3.63) is 81.1 Å². The smallest absolute Gasteiger partial charge is 0.255 e. The maximum atomic E-state index is 13.8. The molecular formula is C26H20ClNO8. The molecule has 9 nitrogen and oxygen atoms in total. The van der Waals surface area contributed by atoms with Crippen LogP contribution >= 0.6 is 11.6 Å². The van der Waals surface area contributed by atoms with Crippen molar-refractivity contribution in [1.29, 1.82) is 0 Å². The van der Waals surface area contributed by atoms with Crippen molar-refractivity contribution < 1.29 is 39.9 Å². The Hall–Kier alpha value is -3.92. The molecule has 184 valence electrons. The number of phenols is 1. The van der Waals surface area contributed by atoms with Gasteiger partial charge in [-0.05, 0) is 34.9 Å². The molecule has 0 spiro atoms. The van der Waals surface area contributed by atoms with Gasteiger partial charge in [-0.1, -0.05) is 41.9 Å². The van der Waals surface area contributed by atoms with Crippen molar-refractivity contribution in [3.63, 3.8) is 0 Å². The molecule has 2 aromatic rings. The molecule has 10 heteroatoms. The Kier molecular flexibility index (Phi) is 5.33. The Morgan fingerprint density at radius 3 is 2.47 bits per heavy atom. The van der Waals surface area contributed by atoms with Gasteiger partial charge in [-0.25, -0.2) is 0 Å². The molecule has 3 aliphatic carbocycles. The first-order valence-electron chi connectivity index (χ1n) is 10.9. The molecule has 4 atom stereocenters. The zero-order valence-electron chi connectivity index (χ0n) is 18.5. The van der Waals surface area contributed by atoms with Gasteiger partial charge >= 0.3 is 0 Å². The van der Waals surface area contributed by atoms with Crippen LogP contribution in [-0.4, -0.2) is 54.7 Å². The van der Waals surface area contributed by atoms with Gasteiger partial charge in [-0.3, -0.25) is 14.4 Å². The molecule has 0 saturated heterocycles. The number of aromatic hydroxyl groups is 1. The van der Waals surface area contributed by atoms with E-state index in [1.54, 1.807) is 36.4 Å². The number of phenolic OH excluding ortho intramolecular Hbond substituents is 1. The van der Waals surface area contributed by atoms with Crippen molar-refractivity contribution in [2.45, 2.75) is 18.1 Å². The zero-order chi connectivity index (χ0) is 26.1. The van der Waals surface area contributed by atoms with Crippen molar-refractivity contribution in [2.24, 2.45) is 17.6 Å². The number of ketones is 2. The molecule has 0 aliphatic heterocycles. The second kappa shape index (κ2) is 8.06. The highest BCUT2D eigenvalue weighted by molar-refractivity contribution is 6.30. The molecule has 0 bridgehead atoms. The molecule has 1 saturated carbocycles. The van der Waals surface area contributed by atoms with Gasteiger partial charge in [0.2, 0.25) is 5.78 Å². The minimum atomic E-state index is -2.90. The van der Waals surface area contributed by atoms with E-state index < -0.39 is 70.1 Å². The van der Waals surface area contributed by atoms with Gasteiger partial charge in [0.25, 0.3) is 5.91 Å². The summed E-state index contributed by atoms with van der Waals surface area (Å²) in [5, 5.41) is 55.7. The number of hydrogen-bond acceptors (Lipinski definition) is 8. The molecule has 36 heavy (non-hydrogen) atoms. The number of primary amides is 1. The lowest BCUT2D eigenvalue weighted by atomic mass is 9.56. The van der Waals surface area contributed by atoms with Crippen LogP contribution in [0.15, 0.2) is 59.4 Å². The molecule has 1 fully saturated rings. The summed E-state index contributed by atoms with van der Waals surface area (Å²) in [6.07, 6.45) is -0.725. The van der Waals surface area contributed by atoms with E-state index in [9.17, 15) is 39.9 Å². The number of amides is 1. The first kappa shape index (κ1) is 23.8. The topological polar surface area (TPSA) is 178 Å². The Bertz CT molecular complexity index is 1470. The maximum absolute atomic E-state index is 13.8. The van der Waals surface area contributed by atoms with E-state index in [1.807, 2.05) is 0 Å². The first-order valence-corrected chi connectivity index (χ1v) is 11.3. The third-order valence-corrected chi connectivity index (χ3v) is 7.31. The Labute approximate surface area is 209 Å². The fourth-order valence-corrected chi connectivity index (χ4v) is 5.66. The van der Waals surface area contributed by atoms with Crippen LogP contribution < -0.4 is 5.73 Å². The quantitative estimate of drug-likeness (QED) is 0.333. The van der Waals surface area contributed by atoms with Crippen LogP contribution in [-0.2, 0) is 14.4 Å². The molecule has 0 heterocycles. The second-order valence-electron chi connectivity index (χ2n) is 9.00. The lowest BCUT2D eigenvalue weighted by molar-refractivity contribution is -0.157. The maximum Gasteiger partial charge on any atom is 0.255 e. The van der Waals surface area contributed by atoms with E-state index in [1.165, 1.54) is 12.1 Å². The summed E-state index contributed by atoms with van der Waals surface area (Å²) in [6, 6.07) is 11.1. The van der Waals surface area contributed by atoms with Crippen molar-refractivity contribution in [3.8, 4) is 5.75 Å². The van der Waals surface area contributed by atoms with Crippen molar-refractivity contribution >= 4 is 46.5 Å². The predicted octanol–water partition coefficient (Wildman–Crippen LogP) is 2.05. The highest BCUT2D eigenvalue weighted by atomic mass is 35.5. The summed E-state index contributed by atoms with van der Waals surface area (Å²) in [6.45, 7) is 0. The number of hydrogen-bond donors (Lipinski definition) is 6. The summed E-state index contributed by atoms with van der Waals surface area (Å²) in [4.78, 5) is 38.2. The molecular weight excluding hydrogens is 490 g/mol. The largest absolute Gasteiger partial charge is 0.508 e. The number of fused-ring (bicyclic) bond motifs is 3. The van der Waals surface area contributed by atoms with Gasteiger partial charge in [0.15, 0.2) is 11.4 Å². The van der Waals surface area contributed by atoms with Gasteiger partial charge in [0.1, 0.15) is 22.8 Å². The molecule has 5 rings (SSSR count). The van der Waals surface area contributed by atoms with E-state index in [4.69, 9.17) is 17.3 Å². The molecule has 1 amide bonds. The number of aliphatic hydroxyl groups is 4. The lowest BCUT2D eigenvalue weighted by Crippen LogP contribution is -2.63. The minimum Gasteiger partial charge on any atom is -0.508 e. The van der Waals surface area contributed by atoms with Gasteiger partial charge in [0, 0.05) is 23.3 Å².